The number of nitrogens with zero attached hydrogens (tertiary/aromatic N) is 2. The molecule has 0 aliphatic carbocycles. The fourth-order valence-electron chi connectivity index (χ4n) is 2.88. The van der Waals surface area contributed by atoms with E-state index in [4.69, 9.17) is 4.74 Å². The van der Waals surface area contributed by atoms with Gasteiger partial charge >= 0.3 is 0 Å². The van der Waals surface area contributed by atoms with Crippen molar-refractivity contribution in [1.29, 1.82) is 0 Å². The van der Waals surface area contributed by atoms with Gasteiger partial charge in [0.05, 0.1) is 24.0 Å². The molecule has 2 aromatic rings. The average molecular weight is 373 g/mol. The molecule has 27 heavy (non-hydrogen) atoms. The number of hydrogen-bond donors (Lipinski definition) is 1. The van der Waals surface area contributed by atoms with E-state index in [2.05, 4.69) is 5.32 Å². The quantitative estimate of drug-likeness (QED) is 0.641. The number of carbonyl (C=O) groups is 2. The molecule has 1 fully saturated rings. The summed E-state index contributed by atoms with van der Waals surface area (Å²) in [6, 6.07) is 9.47. The van der Waals surface area contributed by atoms with E-state index >= 15 is 0 Å². The minimum atomic E-state index is -0.677. The first-order chi connectivity index (χ1) is 12.9. The molecule has 1 saturated heterocycles. The summed E-state index contributed by atoms with van der Waals surface area (Å²) in [6.45, 7) is 0.111. The molecule has 0 aromatic heterocycles. The molecule has 2 aromatic carbocycles. The third-order valence-corrected chi connectivity index (χ3v) is 4.29. The van der Waals surface area contributed by atoms with Crippen LogP contribution in [0.5, 0.6) is 5.75 Å². The van der Waals surface area contributed by atoms with Gasteiger partial charge in [-0.2, -0.15) is 0 Å². The Morgan fingerprint density at radius 1 is 1.30 bits per heavy atom. The van der Waals surface area contributed by atoms with E-state index in [1.807, 2.05) is 0 Å². The second kappa shape index (κ2) is 7.40. The third-order valence-electron chi connectivity index (χ3n) is 4.29. The Bertz CT molecular complexity index is 900. The molecule has 1 heterocycles. The van der Waals surface area contributed by atoms with Crippen molar-refractivity contribution in [2.75, 3.05) is 23.9 Å². The van der Waals surface area contributed by atoms with E-state index in [1.165, 1.54) is 54.5 Å². The average Bonchev–Trinajstić information content (AvgIpc) is 3.04. The predicted octanol–water partition coefficient (Wildman–Crippen LogP) is 2.73. The highest BCUT2D eigenvalue weighted by Crippen LogP contribution is 2.31. The number of methoxy groups -OCH3 is 1. The molecule has 0 saturated carbocycles. The monoisotopic (exact) mass is 373 g/mol. The van der Waals surface area contributed by atoms with Crippen LogP contribution in [-0.4, -0.2) is 30.4 Å². The fourth-order valence-corrected chi connectivity index (χ4v) is 2.88. The van der Waals surface area contributed by atoms with E-state index in [0.29, 0.717) is 11.4 Å². The molecular weight excluding hydrogens is 357 g/mol. The normalized spacial score (nSPS) is 16.3. The van der Waals surface area contributed by atoms with Gasteiger partial charge in [0.25, 0.3) is 5.69 Å². The Balaban J connectivity index is 1.75. The van der Waals surface area contributed by atoms with Gasteiger partial charge in [0.15, 0.2) is 0 Å². The van der Waals surface area contributed by atoms with Gasteiger partial charge < -0.3 is 15.0 Å². The Hall–Kier alpha value is -3.49. The highest BCUT2D eigenvalue weighted by molar-refractivity contribution is 6.04. The number of nitrogens with one attached hydrogen (secondary N) is 1. The van der Waals surface area contributed by atoms with E-state index < -0.39 is 22.6 Å². The maximum Gasteiger partial charge on any atom is 0.296 e. The first-order valence-electron chi connectivity index (χ1n) is 8.08. The van der Waals surface area contributed by atoms with E-state index in [-0.39, 0.29) is 30.2 Å². The summed E-state index contributed by atoms with van der Waals surface area (Å²) in [6.07, 6.45) is -0.0346. The zero-order valence-electron chi connectivity index (χ0n) is 14.3. The maximum atomic E-state index is 13.0. The van der Waals surface area contributed by atoms with Gasteiger partial charge in [-0.15, -0.1) is 0 Å². The molecular formula is C18H16FN3O5. The van der Waals surface area contributed by atoms with Gasteiger partial charge in [0, 0.05) is 18.7 Å². The molecule has 1 N–H and O–H groups in total. The minimum absolute atomic E-state index is 0.0264. The van der Waals surface area contributed by atoms with E-state index in [0.717, 1.165) is 0 Å². The number of anilines is 2. The molecule has 0 spiro atoms. The standard InChI is InChI=1S/C18H16FN3O5/c1-27-14-6-7-15(16(9-14)22(25)26)20-18(24)11-8-17(23)21(10-11)13-4-2-12(19)3-5-13/h2-7,9,11H,8,10H2,1H3,(H,20,24). The van der Waals surface area contributed by atoms with E-state index in [9.17, 15) is 24.1 Å². The van der Waals surface area contributed by atoms with Gasteiger partial charge in [0.2, 0.25) is 11.8 Å². The van der Waals surface area contributed by atoms with Gasteiger partial charge in [-0.1, -0.05) is 0 Å². The summed E-state index contributed by atoms with van der Waals surface area (Å²) < 4.78 is 18.0. The molecule has 0 radical (unpaired) electrons. The lowest BCUT2D eigenvalue weighted by atomic mass is 10.1. The number of rotatable bonds is 5. The van der Waals surface area contributed by atoms with Crippen LogP contribution < -0.4 is 15.0 Å². The van der Waals surface area contributed by atoms with Crippen LogP contribution in [0, 0.1) is 21.8 Å². The SMILES string of the molecule is COc1ccc(NC(=O)C2CC(=O)N(c3ccc(F)cc3)C2)c([N+](=O)[O-])c1. The molecule has 1 aliphatic rings. The molecule has 9 heteroatoms. The van der Waals surface area contributed by atoms with Crippen LogP contribution in [0.1, 0.15) is 6.42 Å². The molecule has 8 nitrogen and oxygen atoms in total. The fraction of sp³-hybridized carbons (Fsp3) is 0.222. The number of benzene rings is 2. The highest BCUT2D eigenvalue weighted by Gasteiger charge is 2.35. The second-order valence-electron chi connectivity index (χ2n) is 6.01. The zero-order chi connectivity index (χ0) is 19.6. The van der Waals surface area contributed by atoms with Crippen molar-refractivity contribution < 1.29 is 23.6 Å². The number of halogens is 1. The summed E-state index contributed by atoms with van der Waals surface area (Å²) in [7, 11) is 1.38. The molecule has 1 atom stereocenters. The van der Waals surface area contributed by atoms with Crippen molar-refractivity contribution in [3.8, 4) is 5.75 Å². The molecule has 140 valence electrons. The van der Waals surface area contributed by atoms with Gasteiger partial charge in [-0.05, 0) is 36.4 Å². The number of nitro groups is 1. The van der Waals surface area contributed by atoms with Crippen molar-refractivity contribution in [1.82, 2.24) is 0 Å². The molecule has 0 bridgehead atoms. The van der Waals surface area contributed by atoms with Crippen molar-refractivity contribution in [2.45, 2.75) is 6.42 Å². The van der Waals surface area contributed by atoms with Gasteiger partial charge in [-0.25, -0.2) is 4.39 Å². The van der Waals surface area contributed by atoms with Crippen LogP contribution in [0.2, 0.25) is 0 Å². The minimum Gasteiger partial charge on any atom is -0.496 e. The van der Waals surface area contributed by atoms with Crippen molar-refractivity contribution in [3.63, 3.8) is 0 Å². The first-order valence-corrected chi connectivity index (χ1v) is 8.08. The summed E-state index contributed by atoms with van der Waals surface area (Å²) in [5.41, 5.74) is 0.216. The Morgan fingerprint density at radius 3 is 2.63 bits per heavy atom. The van der Waals surface area contributed by atoms with Gasteiger partial charge in [-0.3, -0.25) is 19.7 Å². The number of nitro benzene ring substituents is 1. The third kappa shape index (κ3) is 3.86. The summed E-state index contributed by atoms with van der Waals surface area (Å²) in [5.74, 6) is -1.58. The van der Waals surface area contributed by atoms with Crippen molar-refractivity contribution >= 4 is 28.9 Å². The molecule has 3 rings (SSSR count). The Labute approximate surface area is 153 Å². The Kier molecular flexibility index (Phi) is 5.02. The second-order valence-corrected chi connectivity index (χ2v) is 6.01. The number of ether oxygens (including phenoxy) is 1. The number of amides is 2. The maximum absolute atomic E-state index is 13.0. The molecule has 1 unspecified atom stereocenters. The lowest BCUT2D eigenvalue weighted by molar-refractivity contribution is -0.384. The molecule has 2 amide bonds. The summed E-state index contributed by atoms with van der Waals surface area (Å²) >= 11 is 0. The molecule has 1 aliphatic heterocycles. The Morgan fingerprint density at radius 2 is 2.00 bits per heavy atom. The highest BCUT2D eigenvalue weighted by atomic mass is 19.1. The predicted molar refractivity (Wildman–Crippen MR) is 95.1 cm³/mol. The van der Waals surface area contributed by atoms with Crippen LogP contribution in [0.4, 0.5) is 21.5 Å². The van der Waals surface area contributed by atoms with Crippen LogP contribution >= 0.6 is 0 Å². The van der Waals surface area contributed by atoms with Crippen molar-refractivity contribution in [2.24, 2.45) is 5.92 Å². The van der Waals surface area contributed by atoms with Crippen molar-refractivity contribution in [3.05, 3.63) is 58.4 Å². The smallest absolute Gasteiger partial charge is 0.296 e. The first kappa shape index (κ1) is 18.3. The lowest BCUT2D eigenvalue weighted by Gasteiger charge is -2.16. The van der Waals surface area contributed by atoms with Crippen LogP contribution in [0.3, 0.4) is 0 Å². The largest absolute Gasteiger partial charge is 0.496 e. The van der Waals surface area contributed by atoms with Gasteiger partial charge in [0.1, 0.15) is 17.3 Å². The van der Waals surface area contributed by atoms with Crippen LogP contribution in [0.25, 0.3) is 0 Å². The van der Waals surface area contributed by atoms with Crippen LogP contribution in [0.15, 0.2) is 42.5 Å². The summed E-state index contributed by atoms with van der Waals surface area (Å²) in [5, 5.41) is 13.7. The van der Waals surface area contributed by atoms with Crippen LogP contribution in [-0.2, 0) is 9.59 Å². The summed E-state index contributed by atoms with van der Waals surface area (Å²) in [4.78, 5) is 36.7. The van der Waals surface area contributed by atoms with E-state index in [1.54, 1.807) is 0 Å². The lowest BCUT2D eigenvalue weighted by Crippen LogP contribution is -2.28. The number of hydrogen-bond acceptors (Lipinski definition) is 5. The topological polar surface area (TPSA) is 102 Å². The number of carbonyl (C=O) groups excluding carboxylic acids is 2. The zero-order valence-corrected chi connectivity index (χ0v) is 14.3.